The van der Waals surface area contributed by atoms with Gasteiger partial charge in [-0.15, -0.1) is 0 Å². The lowest BCUT2D eigenvalue weighted by Gasteiger charge is -2.24. The molecule has 1 unspecified atom stereocenters. The molecular formula is C13H18IN3O4. The molecular weight excluding hydrogens is 389 g/mol. The highest BCUT2D eigenvalue weighted by atomic mass is 127. The molecule has 7 nitrogen and oxygen atoms in total. The molecule has 1 aromatic heterocycles. The molecule has 1 aliphatic heterocycles. The third-order valence-electron chi connectivity index (χ3n) is 3.11. The molecule has 1 saturated heterocycles. The Labute approximate surface area is 136 Å². The van der Waals surface area contributed by atoms with Crippen LogP contribution in [0.4, 0.5) is 4.79 Å². The summed E-state index contributed by atoms with van der Waals surface area (Å²) in [6.45, 7) is 6.54. The number of likely N-dealkylation sites (tertiary alicyclic amines) is 1. The Morgan fingerprint density at radius 2 is 2.14 bits per heavy atom. The van der Waals surface area contributed by atoms with E-state index >= 15 is 0 Å². The predicted molar refractivity (Wildman–Crippen MR) is 83.4 cm³/mol. The number of carboxylic acids is 1. The van der Waals surface area contributed by atoms with Gasteiger partial charge in [-0.05, 0) is 49.8 Å². The molecule has 1 atom stereocenters. The summed E-state index contributed by atoms with van der Waals surface area (Å²) in [5.74, 6) is -0.993. The van der Waals surface area contributed by atoms with Gasteiger partial charge in [0.05, 0.1) is 6.04 Å². The molecule has 1 N–H and O–H groups in total. The maximum absolute atomic E-state index is 12.0. The monoisotopic (exact) mass is 407 g/mol. The van der Waals surface area contributed by atoms with E-state index in [9.17, 15) is 9.59 Å². The van der Waals surface area contributed by atoms with E-state index in [0.29, 0.717) is 16.8 Å². The maximum atomic E-state index is 12.0. The lowest BCUT2D eigenvalue weighted by atomic mass is 10.2. The first-order valence-corrected chi connectivity index (χ1v) is 7.71. The number of aromatic carboxylic acids is 1. The lowest BCUT2D eigenvalue weighted by molar-refractivity contribution is 0.0288. The van der Waals surface area contributed by atoms with Crippen LogP contribution in [-0.4, -0.2) is 50.5 Å². The zero-order chi connectivity index (χ0) is 15.8. The molecule has 1 amide bonds. The Morgan fingerprint density at radius 1 is 1.48 bits per heavy atom. The molecule has 0 bridgehead atoms. The third kappa shape index (κ3) is 3.86. The molecule has 0 aromatic carbocycles. The van der Waals surface area contributed by atoms with Crippen LogP contribution in [0.1, 0.15) is 43.6 Å². The number of hydrogen-bond donors (Lipinski definition) is 1. The fourth-order valence-electron chi connectivity index (χ4n) is 2.15. The van der Waals surface area contributed by atoms with Gasteiger partial charge in [-0.1, -0.05) is 0 Å². The predicted octanol–water partition coefficient (Wildman–Crippen LogP) is 2.37. The van der Waals surface area contributed by atoms with Crippen molar-refractivity contribution in [1.82, 2.24) is 14.7 Å². The Hall–Kier alpha value is -1.32. The van der Waals surface area contributed by atoms with Gasteiger partial charge in [0.15, 0.2) is 0 Å². The quantitative estimate of drug-likeness (QED) is 0.762. The number of amides is 1. The van der Waals surface area contributed by atoms with E-state index in [1.807, 2.05) is 43.4 Å². The van der Waals surface area contributed by atoms with Crippen molar-refractivity contribution >= 4 is 34.7 Å². The number of aromatic nitrogens is 2. The van der Waals surface area contributed by atoms with Gasteiger partial charge in [-0.2, -0.15) is 5.10 Å². The second-order valence-corrected chi connectivity index (χ2v) is 7.01. The topological polar surface area (TPSA) is 84.7 Å². The van der Waals surface area contributed by atoms with Crippen LogP contribution < -0.4 is 0 Å². The average Bonchev–Trinajstić information content (AvgIpc) is 2.92. The van der Waals surface area contributed by atoms with Crippen molar-refractivity contribution in [3.63, 3.8) is 0 Å². The molecule has 8 heteroatoms. The van der Waals surface area contributed by atoms with E-state index in [1.165, 1.54) is 6.20 Å². The van der Waals surface area contributed by atoms with E-state index in [4.69, 9.17) is 9.84 Å². The number of carbonyl (C=O) groups is 2. The smallest absolute Gasteiger partial charge is 0.410 e. The van der Waals surface area contributed by atoms with Crippen molar-refractivity contribution in [3.8, 4) is 0 Å². The van der Waals surface area contributed by atoms with Gasteiger partial charge < -0.3 is 14.7 Å². The number of nitrogens with zero attached hydrogens (tertiary/aromatic N) is 3. The molecule has 2 rings (SSSR count). The number of rotatable bonds is 2. The highest BCUT2D eigenvalue weighted by molar-refractivity contribution is 14.1. The summed E-state index contributed by atoms with van der Waals surface area (Å²) in [6.07, 6.45) is 1.91. The molecule has 116 valence electrons. The summed E-state index contributed by atoms with van der Waals surface area (Å²) < 4.78 is 7.42. The molecule has 1 fully saturated rings. The third-order valence-corrected chi connectivity index (χ3v) is 3.90. The highest BCUT2D eigenvalue weighted by Gasteiger charge is 2.31. The van der Waals surface area contributed by atoms with Crippen LogP contribution in [0.2, 0.25) is 0 Å². The van der Waals surface area contributed by atoms with Gasteiger partial charge in [0.2, 0.25) is 0 Å². The van der Waals surface area contributed by atoms with E-state index in [2.05, 4.69) is 5.10 Å². The number of carboxylic acid groups (broad SMARTS) is 1. The van der Waals surface area contributed by atoms with E-state index in [-0.39, 0.29) is 17.7 Å². The van der Waals surface area contributed by atoms with Crippen molar-refractivity contribution in [2.45, 2.75) is 38.8 Å². The summed E-state index contributed by atoms with van der Waals surface area (Å²) >= 11 is 1.90. The Kier molecular flexibility index (Phi) is 4.45. The van der Waals surface area contributed by atoms with Crippen molar-refractivity contribution < 1.29 is 19.4 Å². The second kappa shape index (κ2) is 5.82. The van der Waals surface area contributed by atoms with Crippen molar-refractivity contribution in [2.75, 3.05) is 13.1 Å². The minimum absolute atomic E-state index is 0.0147. The first-order chi connectivity index (χ1) is 9.67. The first kappa shape index (κ1) is 16.1. The summed E-state index contributed by atoms with van der Waals surface area (Å²) in [5.41, 5.74) is -0.335. The van der Waals surface area contributed by atoms with E-state index in [1.54, 1.807) is 9.58 Å². The summed E-state index contributed by atoms with van der Waals surface area (Å²) in [6, 6.07) is -0.0147. The summed E-state index contributed by atoms with van der Waals surface area (Å²) in [7, 11) is 0. The van der Waals surface area contributed by atoms with Crippen molar-refractivity contribution in [3.05, 3.63) is 15.5 Å². The molecule has 0 saturated carbocycles. The average molecular weight is 407 g/mol. The van der Waals surface area contributed by atoms with Crippen LogP contribution in [0.5, 0.6) is 0 Å². The van der Waals surface area contributed by atoms with Crippen LogP contribution >= 0.6 is 22.6 Å². The van der Waals surface area contributed by atoms with Crippen LogP contribution in [0, 0.1) is 3.70 Å². The van der Waals surface area contributed by atoms with Gasteiger partial charge in [0, 0.05) is 19.3 Å². The normalized spacial score (nSPS) is 18.9. The van der Waals surface area contributed by atoms with Crippen molar-refractivity contribution in [2.24, 2.45) is 0 Å². The SMILES string of the molecule is CC(C)(C)OC(=O)N1CCC(n2cc(C(=O)O)c(I)n2)C1. The van der Waals surface area contributed by atoms with Crippen LogP contribution in [0.3, 0.4) is 0 Å². The zero-order valence-electron chi connectivity index (χ0n) is 12.2. The molecule has 1 aromatic rings. The number of carbonyl (C=O) groups excluding carboxylic acids is 1. The Balaban J connectivity index is 2.04. The van der Waals surface area contributed by atoms with E-state index < -0.39 is 11.6 Å². The molecule has 0 spiro atoms. The largest absolute Gasteiger partial charge is 0.478 e. The summed E-state index contributed by atoms with van der Waals surface area (Å²) in [4.78, 5) is 24.7. The number of hydrogen-bond acceptors (Lipinski definition) is 4. The van der Waals surface area contributed by atoms with Gasteiger partial charge in [-0.3, -0.25) is 4.68 Å². The van der Waals surface area contributed by atoms with Crippen molar-refractivity contribution in [1.29, 1.82) is 0 Å². The standard InChI is InChI=1S/C13H18IN3O4/c1-13(2,3)21-12(20)16-5-4-8(6-16)17-7-9(11(18)19)10(14)15-17/h7-8H,4-6H2,1-3H3,(H,18,19). The minimum Gasteiger partial charge on any atom is -0.478 e. The zero-order valence-corrected chi connectivity index (χ0v) is 14.3. The first-order valence-electron chi connectivity index (χ1n) is 6.63. The minimum atomic E-state index is -0.993. The van der Waals surface area contributed by atoms with Gasteiger partial charge in [-0.25, -0.2) is 9.59 Å². The van der Waals surface area contributed by atoms with Crippen LogP contribution in [0.25, 0.3) is 0 Å². The maximum Gasteiger partial charge on any atom is 0.410 e. The molecule has 1 aliphatic rings. The summed E-state index contributed by atoms with van der Waals surface area (Å²) in [5, 5.41) is 13.3. The lowest BCUT2D eigenvalue weighted by Crippen LogP contribution is -2.35. The molecule has 0 aliphatic carbocycles. The fourth-order valence-corrected chi connectivity index (χ4v) is 2.77. The van der Waals surface area contributed by atoms with Crippen LogP contribution in [-0.2, 0) is 4.74 Å². The molecule has 2 heterocycles. The number of halogens is 1. The molecule has 21 heavy (non-hydrogen) atoms. The Bertz CT molecular complexity index is 564. The van der Waals surface area contributed by atoms with Gasteiger partial charge in [0.25, 0.3) is 0 Å². The fraction of sp³-hybridized carbons (Fsp3) is 0.615. The highest BCUT2D eigenvalue weighted by Crippen LogP contribution is 2.24. The van der Waals surface area contributed by atoms with Gasteiger partial charge >= 0.3 is 12.1 Å². The molecule has 0 radical (unpaired) electrons. The second-order valence-electron chi connectivity index (χ2n) is 5.99. The Morgan fingerprint density at radius 3 is 2.67 bits per heavy atom. The number of ether oxygens (including phenoxy) is 1. The van der Waals surface area contributed by atoms with Gasteiger partial charge in [0.1, 0.15) is 14.9 Å². The van der Waals surface area contributed by atoms with E-state index in [0.717, 1.165) is 6.42 Å². The van der Waals surface area contributed by atoms with Crippen LogP contribution in [0.15, 0.2) is 6.20 Å².